The zero-order valence-electron chi connectivity index (χ0n) is 12.7. The summed E-state index contributed by atoms with van der Waals surface area (Å²) in [4.78, 5) is 22.6. The van der Waals surface area contributed by atoms with E-state index in [1.807, 2.05) is 21.1 Å². The van der Waals surface area contributed by atoms with Gasteiger partial charge in [0.25, 0.3) is 0 Å². The van der Waals surface area contributed by atoms with Gasteiger partial charge in [0.15, 0.2) is 12.2 Å². The summed E-state index contributed by atoms with van der Waals surface area (Å²) in [6.07, 6.45) is -1.33. The van der Waals surface area contributed by atoms with Crippen molar-refractivity contribution in [3.8, 4) is 0 Å². The molecule has 0 saturated heterocycles. The second kappa shape index (κ2) is 9.04. The van der Waals surface area contributed by atoms with Crippen LogP contribution >= 0.6 is 11.8 Å². The van der Waals surface area contributed by atoms with Crippen molar-refractivity contribution in [2.45, 2.75) is 24.7 Å². The van der Waals surface area contributed by atoms with Crippen molar-refractivity contribution in [1.29, 1.82) is 0 Å². The highest BCUT2D eigenvalue weighted by molar-refractivity contribution is 8.01. The van der Waals surface area contributed by atoms with Crippen LogP contribution in [0.2, 0.25) is 0 Å². The lowest BCUT2D eigenvalue weighted by Gasteiger charge is -2.29. The number of esters is 1. The second-order valence-electron chi connectivity index (χ2n) is 5.63. The Morgan fingerprint density at radius 3 is 2.29 bits per heavy atom. The summed E-state index contributed by atoms with van der Waals surface area (Å²) in [5.74, 6) is -2.13. The van der Waals surface area contributed by atoms with Crippen molar-refractivity contribution in [2.24, 2.45) is 0 Å². The van der Waals surface area contributed by atoms with Crippen LogP contribution in [0.4, 0.5) is 0 Å². The van der Waals surface area contributed by atoms with Gasteiger partial charge < -0.3 is 24.5 Å². The molecular weight excluding hydrogens is 298 g/mol. The van der Waals surface area contributed by atoms with Crippen LogP contribution in [0, 0.1) is 0 Å². The highest BCUT2D eigenvalue weighted by atomic mass is 32.2. The summed E-state index contributed by atoms with van der Waals surface area (Å²) in [5.41, 5.74) is 0. The Morgan fingerprint density at radius 1 is 1.29 bits per heavy atom. The molecule has 3 unspecified atom stereocenters. The predicted molar refractivity (Wildman–Crippen MR) is 79.7 cm³/mol. The number of likely N-dealkylation sites (N-methyl/N-ethyl adjacent to an activating group) is 1. The molecule has 0 aromatic heterocycles. The van der Waals surface area contributed by atoms with E-state index in [9.17, 15) is 19.8 Å². The van der Waals surface area contributed by atoms with Gasteiger partial charge in [-0.05, 0) is 17.7 Å². The van der Waals surface area contributed by atoms with Gasteiger partial charge in [-0.2, -0.15) is 0 Å². The van der Waals surface area contributed by atoms with Gasteiger partial charge in [-0.15, -0.1) is 11.8 Å². The molecule has 0 aromatic carbocycles. The van der Waals surface area contributed by atoms with Crippen LogP contribution in [0.5, 0.6) is 0 Å². The number of carbonyl (C=O) groups is 2. The summed E-state index contributed by atoms with van der Waals surface area (Å²) in [6.45, 7) is 0.279. The normalized spacial score (nSPS) is 16.5. The summed E-state index contributed by atoms with van der Waals surface area (Å²) in [6, 6.07) is 0. The molecule has 0 aliphatic rings. The molecular formula is C13H24NO6S+. The standard InChI is InChI=1S/C13H23NO6S/c1-14(2,3)8-9(7-11(16)17)20-13(19)12(18)10(15)5-6-21-4/h5-6,9-10,12,15,18H,7-8H2,1-4H3/p+1/b6-5+. The molecule has 0 heterocycles. The first-order chi connectivity index (χ1) is 9.56. The van der Waals surface area contributed by atoms with Crippen LogP contribution in [0.1, 0.15) is 6.42 Å². The van der Waals surface area contributed by atoms with E-state index in [2.05, 4.69) is 0 Å². The monoisotopic (exact) mass is 322 g/mol. The van der Waals surface area contributed by atoms with Gasteiger partial charge in [0, 0.05) is 0 Å². The number of carboxylic acids is 1. The number of aliphatic hydroxyl groups excluding tert-OH is 2. The summed E-state index contributed by atoms with van der Waals surface area (Å²) in [7, 11) is 5.49. The smallest absolute Gasteiger partial charge is 0.338 e. The van der Waals surface area contributed by atoms with Crippen LogP contribution < -0.4 is 0 Å². The summed E-state index contributed by atoms with van der Waals surface area (Å²) in [5, 5.41) is 29.6. The average Bonchev–Trinajstić information content (AvgIpc) is 2.31. The number of carbonyl (C=O) groups excluding carboxylic acids is 1. The number of thioether (sulfide) groups is 1. The lowest BCUT2D eigenvalue weighted by Crippen LogP contribution is -2.45. The third kappa shape index (κ3) is 9.46. The summed E-state index contributed by atoms with van der Waals surface area (Å²) < 4.78 is 5.41. The fourth-order valence-electron chi connectivity index (χ4n) is 1.59. The van der Waals surface area contributed by atoms with Crippen molar-refractivity contribution >= 4 is 23.7 Å². The molecule has 3 atom stereocenters. The minimum absolute atomic E-state index is 0.279. The van der Waals surface area contributed by atoms with E-state index in [0.29, 0.717) is 4.48 Å². The Labute approximate surface area is 128 Å². The predicted octanol–water partition coefficient (Wildman–Crippen LogP) is -0.322. The number of hydrogen-bond donors (Lipinski definition) is 3. The third-order valence-corrected chi connectivity index (χ3v) is 2.84. The molecule has 0 fully saturated rings. The number of aliphatic hydroxyl groups is 2. The summed E-state index contributed by atoms with van der Waals surface area (Å²) >= 11 is 1.31. The van der Waals surface area contributed by atoms with E-state index in [1.54, 1.807) is 6.26 Å². The van der Waals surface area contributed by atoms with Crippen LogP contribution in [-0.2, 0) is 14.3 Å². The number of ether oxygens (including phenoxy) is 1. The number of nitrogens with zero attached hydrogens (tertiary/aromatic N) is 1. The molecule has 8 heteroatoms. The number of quaternary nitrogens is 1. The lowest BCUT2D eigenvalue weighted by molar-refractivity contribution is -0.873. The van der Waals surface area contributed by atoms with Gasteiger partial charge in [0.2, 0.25) is 0 Å². The van der Waals surface area contributed by atoms with E-state index < -0.39 is 30.3 Å². The molecule has 0 spiro atoms. The molecule has 0 rings (SSSR count). The van der Waals surface area contributed by atoms with Crippen LogP contribution in [0.25, 0.3) is 0 Å². The highest BCUT2D eigenvalue weighted by Crippen LogP contribution is 2.09. The first-order valence-electron chi connectivity index (χ1n) is 6.35. The molecule has 0 saturated carbocycles. The van der Waals surface area contributed by atoms with Gasteiger partial charge in [-0.3, -0.25) is 4.79 Å². The van der Waals surface area contributed by atoms with Crippen LogP contribution in [0.3, 0.4) is 0 Å². The van der Waals surface area contributed by atoms with Crippen molar-refractivity contribution in [3.05, 3.63) is 11.5 Å². The largest absolute Gasteiger partial charge is 0.481 e. The number of aliphatic carboxylic acids is 1. The molecule has 0 bridgehead atoms. The van der Waals surface area contributed by atoms with Gasteiger partial charge in [-0.25, -0.2) is 4.79 Å². The van der Waals surface area contributed by atoms with E-state index >= 15 is 0 Å². The van der Waals surface area contributed by atoms with E-state index in [-0.39, 0.29) is 13.0 Å². The SMILES string of the molecule is CS/C=C/C(O)C(O)C(=O)OC(CC(=O)O)C[N+](C)(C)C. The molecule has 0 radical (unpaired) electrons. The molecule has 0 amide bonds. The zero-order valence-corrected chi connectivity index (χ0v) is 13.5. The Morgan fingerprint density at radius 2 is 1.86 bits per heavy atom. The number of carboxylic acid groups (broad SMARTS) is 1. The Hall–Kier alpha value is -1.09. The topological polar surface area (TPSA) is 104 Å². The first kappa shape index (κ1) is 19.9. The van der Waals surface area contributed by atoms with Gasteiger partial charge in [0.1, 0.15) is 12.6 Å². The fourth-order valence-corrected chi connectivity index (χ4v) is 1.90. The van der Waals surface area contributed by atoms with Crippen molar-refractivity contribution < 1.29 is 34.1 Å². The Kier molecular flexibility index (Phi) is 8.57. The van der Waals surface area contributed by atoms with Crippen LogP contribution in [0.15, 0.2) is 11.5 Å². The molecule has 0 aromatic rings. The number of rotatable bonds is 9. The maximum Gasteiger partial charge on any atom is 0.338 e. The van der Waals surface area contributed by atoms with Crippen LogP contribution in [-0.4, -0.2) is 84.0 Å². The van der Waals surface area contributed by atoms with Gasteiger partial charge >= 0.3 is 11.9 Å². The quantitative estimate of drug-likeness (QED) is 0.395. The van der Waals surface area contributed by atoms with Crippen molar-refractivity contribution in [3.63, 3.8) is 0 Å². The Balaban J connectivity index is 4.71. The lowest BCUT2D eigenvalue weighted by atomic mass is 10.2. The van der Waals surface area contributed by atoms with E-state index in [0.717, 1.165) is 0 Å². The fraction of sp³-hybridized carbons (Fsp3) is 0.692. The third-order valence-electron chi connectivity index (χ3n) is 2.41. The van der Waals surface area contributed by atoms with Crippen molar-refractivity contribution in [2.75, 3.05) is 33.9 Å². The van der Waals surface area contributed by atoms with Crippen molar-refractivity contribution in [1.82, 2.24) is 0 Å². The molecule has 3 N–H and O–H groups in total. The minimum Gasteiger partial charge on any atom is -0.481 e. The highest BCUT2D eigenvalue weighted by Gasteiger charge is 2.30. The molecule has 0 aliphatic heterocycles. The molecule has 7 nitrogen and oxygen atoms in total. The maximum atomic E-state index is 11.8. The average molecular weight is 322 g/mol. The number of hydrogen-bond acceptors (Lipinski definition) is 6. The first-order valence-corrected chi connectivity index (χ1v) is 7.64. The molecule has 122 valence electrons. The second-order valence-corrected chi connectivity index (χ2v) is 6.37. The minimum atomic E-state index is -1.74. The van der Waals surface area contributed by atoms with Gasteiger partial charge in [-0.1, -0.05) is 0 Å². The Bertz CT molecular complexity index is 379. The zero-order chi connectivity index (χ0) is 16.6. The molecule has 21 heavy (non-hydrogen) atoms. The molecule has 0 aliphatic carbocycles. The van der Waals surface area contributed by atoms with E-state index in [1.165, 1.54) is 23.2 Å². The maximum absolute atomic E-state index is 11.8. The van der Waals surface area contributed by atoms with Gasteiger partial charge in [0.05, 0.1) is 27.6 Å². The van der Waals surface area contributed by atoms with E-state index in [4.69, 9.17) is 9.84 Å².